The van der Waals surface area contributed by atoms with Crippen molar-refractivity contribution >= 4 is 5.91 Å². The van der Waals surface area contributed by atoms with Crippen molar-refractivity contribution in [3.8, 4) is 12.3 Å². The zero-order chi connectivity index (χ0) is 8.10. The molecule has 0 aliphatic carbocycles. The van der Waals surface area contributed by atoms with Crippen molar-refractivity contribution in [1.29, 1.82) is 0 Å². The topological polar surface area (TPSA) is 20.3 Å². The summed E-state index contributed by atoms with van der Waals surface area (Å²) in [7, 11) is 0. The Bertz CT molecular complexity index is 180. The molecule has 1 rings (SSSR count). The maximum Gasteiger partial charge on any atom is 0.223 e. The van der Waals surface area contributed by atoms with Crippen molar-refractivity contribution in [2.24, 2.45) is 0 Å². The van der Waals surface area contributed by atoms with Crippen molar-refractivity contribution in [3.05, 3.63) is 0 Å². The van der Waals surface area contributed by atoms with Crippen LogP contribution in [0.15, 0.2) is 0 Å². The van der Waals surface area contributed by atoms with Gasteiger partial charge in [0.25, 0.3) is 0 Å². The zero-order valence-electron chi connectivity index (χ0n) is 6.68. The molecule has 1 heterocycles. The molecule has 0 N–H and O–H groups in total. The molecule has 0 unspecified atom stereocenters. The molecule has 1 aliphatic rings. The van der Waals surface area contributed by atoms with E-state index in [9.17, 15) is 4.79 Å². The second-order valence-corrected chi connectivity index (χ2v) is 2.83. The van der Waals surface area contributed by atoms with Crippen LogP contribution in [0.4, 0.5) is 0 Å². The summed E-state index contributed by atoms with van der Waals surface area (Å²) in [6.45, 7) is 1.34. The fourth-order valence-corrected chi connectivity index (χ4v) is 1.32. The smallest absolute Gasteiger partial charge is 0.223 e. The van der Waals surface area contributed by atoms with E-state index in [1.165, 1.54) is 0 Å². The van der Waals surface area contributed by atoms with Crippen molar-refractivity contribution in [2.75, 3.05) is 13.1 Å². The van der Waals surface area contributed by atoms with Gasteiger partial charge in [0.15, 0.2) is 0 Å². The predicted molar refractivity (Wildman–Crippen MR) is 43.9 cm³/mol. The van der Waals surface area contributed by atoms with Crippen LogP contribution in [0.2, 0.25) is 0 Å². The average Bonchev–Trinajstić information content (AvgIpc) is 2.18. The molecule has 0 bridgehead atoms. The third-order valence-corrected chi connectivity index (χ3v) is 1.95. The summed E-state index contributed by atoms with van der Waals surface area (Å²) in [5.41, 5.74) is 0. The summed E-state index contributed by atoms with van der Waals surface area (Å²) in [5, 5.41) is 0. The van der Waals surface area contributed by atoms with Crippen LogP contribution in [0.25, 0.3) is 0 Å². The van der Waals surface area contributed by atoms with E-state index in [0.717, 1.165) is 25.8 Å². The Kier molecular flexibility index (Phi) is 2.97. The van der Waals surface area contributed by atoms with E-state index in [1.807, 2.05) is 0 Å². The van der Waals surface area contributed by atoms with Gasteiger partial charge in [-0.3, -0.25) is 4.79 Å². The Labute approximate surface area is 67.6 Å². The summed E-state index contributed by atoms with van der Waals surface area (Å²) < 4.78 is 0. The monoisotopic (exact) mass is 151 g/mol. The lowest BCUT2D eigenvalue weighted by Crippen LogP contribution is -2.30. The van der Waals surface area contributed by atoms with Gasteiger partial charge < -0.3 is 4.90 Å². The molecule has 0 aromatic rings. The molecule has 1 fully saturated rings. The van der Waals surface area contributed by atoms with Crippen LogP contribution in [0.5, 0.6) is 0 Å². The SMILES string of the molecule is C#CCN1CCCCCC1=O. The molecule has 1 aliphatic heterocycles. The number of amides is 1. The number of nitrogens with zero attached hydrogens (tertiary/aromatic N) is 1. The van der Waals surface area contributed by atoms with E-state index in [1.54, 1.807) is 4.90 Å². The van der Waals surface area contributed by atoms with E-state index in [0.29, 0.717) is 13.0 Å². The number of hydrogen-bond donors (Lipinski definition) is 0. The standard InChI is InChI=1S/C9H13NO/c1-2-7-10-8-5-3-4-6-9(10)11/h1H,3-8H2. The van der Waals surface area contributed by atoms with Gasteiger partial charge in [-0.2, -0.15) is 0 Å². The van der Waals surface area contributed by atoms with Crippen LogP contribution in [-0.2, 0) is 4.79 Å². The second-order valence-electron chi connectivity index (χ2n) is 2.83. The molecule has 2 nitrogen and oxygen atoms in total. The van der Waals surface area contributed by atoms with Crippen molar-refractivity contribution in [2.45, 2.75) is 25.7 Å². The van der Waals surface area contributed by atoms with Gasteiger partial charge in [0.1, 0.15) is 0 Å². The molecular formula is C9H13NO. The molecule has 0 spiro atoms. The highest BCUT2D eigenvalue weighted by atomic mass is 16.2. The minimum atomic E-state index is 0.223. The normalized spacial score (nSPS) is 19.2. The number of likely N-dealkylation sites (tertiary alicyclic amines) is 1. The van der Waals surface area contributed by atoms with Crippen LogP contribution in [0.1, 0.15) is 25.7 Å². The Morgan fingerprint density at radius 3 is 3.00 bits per heavy atom. The lowest BCUT2D eigenvalue weighted by molar-refractivity contribution is -0.130. The van der Waals surface area contributed by atoms with E-state index < -0.39 is 0 Å². The molecular weight excluding hydrogens is 138 g/mol. The van der Waals surface area contributed by atoms with Gasteiger partial charge >= 0.3 is 0 Å². The first kappa shape index (κ1) is 8.13. The van der Waals surface area contributed by atoms with E-state index in [2.05, 4.69) is 5.92 Å². The van der Waals surface area contributed by atoms with Gasteiger partial charge in [-0.1, -0.05) is 12.3 Å². The van der Waals surface area contributed by atoms with Gasteiger partial charge in [-0.25, -0.2) is 0 Å². The molecule has 1 amide bonds. The van der Waals surface area contributed by atoms with Gasteiger partial charge in [-0.05, 0) is 12.8 Å². The summed E-state index contributed by atoms with van der Waals surface area (Å²) in [6.07, 6.45) is 9.10. The molecule has 0 aromatic carbocycles. The number of carbonyl (C=O) groups excluding carboxylic acids is 1. The Morgan fingerprint density at radius 2 is 2.27 bits per heavy atom. The van der Waals surface area contributed by atoms with E-state index in [4.69, 9.17) is 6.42 Å². The Balaban J connectivity index is 2.47. The van der Waals surface area contributed by atoms with Gasteiger partial charge in [-0.15, -0.1) is 6.42 Å². The third kappa shape index (κ3) is 2.27. The van der Waals surface area contributed by atoms with Crippen molar-refractivity contribution in [1.82, 2.24) is 4.90 Å². The number of carbonyl (C=O) groups is 1. The van der Waals surface area contributed by atoms with Crippen molar-refractivity contribution in [3.63, 3.8) is 0 Å². The van der Waals surface area contributed by atoms with Crippen LogP contribution in [0, 0.1) is 12.3 Å². The first-order chi connectivity index (χ1) is 5.34. The molecule has 11 heavy (non-hydrogen) atoms. The fourth-order valence-electron chi connectivity index (χ4n) is 1.32. The summed E-state index contributed by atoms with van der Waals surface area (Å²) in [5.74, 6) is 2.72. The minimum Gasteiger partial charge on any atom is -0.332 e. The second kappa shape index (κ2) is 4.02. The minimum absolute atomic E-state index is 0.223. The summed E-state index contributed by atoms with van der Waals surface area (Å²) in [4.78, 5) is 13.0. The first-order valence-corrected chi connectivity index (χ1v) is 4.06. The Hall–Kier alpha value is -0.970. The number of hydrogen-bond acceptors (Lipinski definition) is 1. The molecule has 60 valence electrons. The highest BCUT2D eigenvalue weighted by Crippen LogP contribution is 2.09. The highest BCUT2D eigenvalue weighted by molar-refractivity contribution is 5.76. The quantitative estimate of drug-likeness (QED) is 0.512. The lowest BCUT2D eigenvalue weighted by Gasteiger charge is -2.16. The molecule has 0 atom stereocenters. The maximum atomic E-state index is 11.2. The van der Waals surface area contributed by atoms with Crippen LogP contribution in [-0.4, -0.2) is 23.9 Å². The van der Waals surface area contributed by atoms with Crippen LogP contribution < -0.4 is 0 Å². The van der Waals surface area contributed by atoms with E-state index >= 15 is 0 Å². The largest absolute Gasteiger partial charge is 0.332 e. The third-order valence-electron chi connectivity index (χ3n) is 1.95. The number of rotatable bonds is 1. The molecule has 0 saturated carbocycles. The maximum absolute atomic E-state index is 11.2. The summed E-state index contributed by atoms with van der Waals surface area (Å²) >= 11 is 0. The first-order valence-electron chi connectivity index (χ1n) is 4.06. The highest BCUT2D eigenvalue weighted by Gasteiger charge is 2.14. The van der Waals surface area contributed by atoms with Crippen LogP contribution >= 0.6 is 0 Å². The van der Waals surface area contributed by atoms with Gasteiger partial charge in [0, 0.05) is 13.0 Å². The Morgan fingerprint density at radius 1 is 1.45 bits per heavy atom. The molecule has 1 saturated heterocycles. The lowest BCUT2D eigenvalue weighted by atomic mass is 10.2. The molecule has 2 heteroatoms. The van der Waals surface area contributed by atoms with Crippen LogP contribution in [0.3, 0.4) is 0 Å². The van der Waals surface area contributed by atoms with Gasteiger partial charge in [0.05, 0.1) is 6.54 Å². The molecule has 0 aromatic heterocycles. The van der Waals surface area contributed by atoms with Gasteiger partial charge in [0.2, 0.25) is 5.91 Å². The van der Waals surface area contributed by atoms with Crippen molar-refractivity contribution < 1.29 is 4.79 Å². The summed E-state index contributed by atoms with van der Waals surface area (Å²) in [6, 6.07) is 0. The molecule has 0 radical (unpaired) electrons. The average molecular weight is 151 g/mol. The fraction of sp³-hybridized carbons (Fsp3) is 0.667. The zero-order valence-corrected chi connectivity index (χ0v) is 6.68. The van der Waals surface area contributed by atoms with E-state index in [-0.39, 0.29) is 5.91 Å². The predicted octanol–water partition coefficient (Wildman–Crippen LogP) is 1.02. The number of terminal acetylenes is 1.